The SMILES string of the molecule is Cc1cccc(C)c1NC(=O)[C@@H](C)OC(=O)c1ccc(Cl)c(N2CCCC2=O)c1. The average Bonchev–Trinajstić information content (AvgIpc) is 3.10. The van der Waals surface area contributed by atoms with Gasteiger partial charge in [-0.3, -0.25) is 9.59 Å². The average molecular weight is 415 g/mol. The molecule has 0 saturated carbocycles. The number of carbonyl (C=O) groups excluding carboxylic acids is 3. The molecule has 0 spiro atoms. The van der Waals surface area contributed by atoms with Gasteiger partial charge in [0.05, 0.1) is 16.3 Å². The maximum Gasteiger partial charge on any atom is 0.338 e. The Labute approximate surface area is 174 Å². The van der Waals surface area contributed by atoms with Crippen LogP contribution in [-0.4, -0.2) is 30.4 Å². The van der Waals surface area contributed by atoms with Crippen molar-refractivity contribution in [2.24, 2.45) is 0 Å². The van der Waals surface area contributed by atoms with E-state index in [1.54, 1.807) is 11.0 Å². The number of amides is 2. The summed E-state index contributed by atoms with van der Waals surface area (Å²) in [5.41, 5.74) is 3.28. The number of rotatable bonds is 5. The van der Waals surface area contributed by atoms with Gasteiger partial charge < -0.3 is 15.0 Å². The summed E-state index contributed by atoms with van der Waals surface area (Å²) >= 11 is 6.21. The van der Waals surface area contributed by atoms with Crippen LogP contribution in [0.15, 0.2) is 36.4 Å². The summed E-state index contributed by atoms with van der Waals surface area (Å²) in [6.45, 7) is 5.87. The van der Waals surface area contributed by atoms with Gasteiger partial charge in [-0.1, -0.05) is 29.8 Å². The van der Waals surface area contributed by atoms with Crippen LogP contribution >= 0.6 is 11.6 Å². The predicted octanol–water partition coefficient (Wildman–Crippen LogP) is 4.27. The first-order valence-electron chi connectivity index (χ1n) is 9.46. The van der Waals surface area contributed by atoms with Gasteiger partial charge in [0.25, 0.3) is 5.91 Å². The highest BCUT2D eigenvalue weighted by molar-refractivity contribution is 6.34. The van der Waals surface area contributed by atoms with Gasteiger partial charge in [-0.25, -0.2) is 4.79 Å². The first kappa shape index (κ1) is 20.9. The van der Waals surface area contributed by atoms with E-state index in [-0.39, 0.29) is 11.5 Å². The van der Waals surface area contributed by atoms with Crippen LogP contribution < -0.4 is 10.2 Å². The molecular formula is C22H23ClN2O4. The number of nitrogens with zero attached hydrogens (tertiary/aromatic N) is 1. The zero-order valence-electron chi connectivity index (χ0n) is 16.6. The van der Waals surface area contributed by atoms with E-state index in [0.717, 1.165) is 17.5 Å². The second-order valence-electron chi connectivity index (χ2n) is 7.12. The van der Waals surface area contributed by atoms with E-state index in [1.165, 1.54) is 19.1 Å². The number of esters is 1. The zero-order chi connectivity index (χ0) is 21.1. The van der Waals surface area contributed by atoms with Gasteiger partial charge in [-0.2, -0.15) is 0 Å². The maximum atomic E-state index is 12.6. The van der Waals surface area contributed by atoms with Gasteiger partial charge in [0, 0.05) is 18.7 Å². The molecule has 2 aromatic rings. The maximum absolute atomic E-state index is 12.6. The van der Waals surface area contributed by atoms with Gasteiger partial charge in [-0.15, -0.1) is 0 Å². The van der Waals surface area contributed by atoms with Crippen LogP contribution in [0.2, 0.25) is 5.02 Å². The van der Waals surface area contributed by atoms with Gasteiger partial charge in [-0.05, 0) is 56.5 Å². The molecule has 1 heterocycles. The summed E-state index contributed by atoms with van der Waals surface area (Å²) in [6, 6.07) is 10.3. The molecule has 0 bridgehead atoms. The Morgan fingerprint density at radius 1 is 1.17 bits per heavy atom. The van der Waals surface area contributed by atoms with E-state index in [0.29, 0.717) is 29.4 Å². The highest BCUT2D eigenvalue weighted by atomic mass is 35.5. The normalized spacial score (nSPS) is 14.6. The first-order valence-corrected chi connectivity index (χ1v) is 9.83. The number of hydrogen-bond donors (Lipinski definition) is 1. The summed E-state index contributed by atoms with van der Waals surface area (Å²) in [6.07, 6.45) is 0.217. The monoisotopic (exact) mass is 414 g/mol. The minimum absolute atomic E-state index is 0.0289. The number of ether oxygens (including phenoxy) is 1. The minimum atomic E-state index is -0.992. The lowest BCUT2D eigenvalue weighted by Gasteiger charge is -2.19. The largest absolute Gasteiger partial charge is 0.449 e. The Hall–Kier alpha value is -2.86. The quantitative estimate of drug-likeness (QED) is 0.741. The number of para-hydroxylation sites is 1. The fraction of sp³-hybridized carbons (Fsp3) is 0.318. The van der Waals surface area contributed by atoms with Crippen molar-refractivity contribution in [3.05, 3.63) is 58.1 Å². The van der Waals surface area contributed by atoms with E-state index in [9.17, 15) is 14.4 Å². The lowest BCUT2D eigenvalue weighted by Crippen LogP contribution is -2.30. The number of benzene rings is 2. The number of halogens is 1. The Morgan fingerprint density at radius 3 is 2.48 bits per heavy atom. The summed E-state index contributed by atoms with van der Waals surface area (Å²) in [5.74, 6) is -1.10. The van der Waals surface area contributed by atoms with E-state index < -0.39 is 18.0 Å². The topological polar surface area (TPSA) is 75.7 Å². The van der Waals surface area contributed by atoms with Gasteiger partial charge in [0.15, 0.2) is 6.10 Å². The van der Waals surface area contributed by atoms with E-state index in [1.807, 2.05) is 32.0 Å². The van der Waals surface area contributed by atoms with Crippen LogP contribution in [0.3, 0.4) is 0 Å². The Morgan fingerprint density at radius 2 is 1.86 bits per heavy atom. The molecule has 1 fully saturated rings. The van der Waals surface area contributed by atoms with Crippen LogP contribution in [0.1, 0.15) is 41.3 Å². The molecule has 2 aromatic carbocycles. The van der Waals surface area contributed by atoms with Crippen molar-refractivity contribution in [1.29, 1.82) is 0 Å². The molecule has 1 atom stereocenters. The van der Waals surface area contributed by atoms with Crippen LogP contribution in [0, 0.1) is 13.8 Å². The van der Waals surface area contributed by atoms with Crippen molar-refractivity contribution in [3.63, 3.8) is 0 Å². The van der Waals surface area contributed by atoms with Crippen molar-refractivity contribution in [2.45, 2.75) is 39.7 Å². The Balaban J connectivity index is 1.71. The Bertz CT molecular complexity index is 953. The first-order chi connectivity index (χ1) is 13.8. The van der Waals surface area contributed by atoms with Crippen LogP contribution in [0.4, 0.5) is 11.4 Å². The molecule has 2 amide bonds. The number of hydrogen-bond acceptors (Lipinski definition) is 4. The highest BCUT2D eigenvalue weighted by Crippen LogP contribution is 2.30. The van der Waals surface area contributed by atoms with Gasteiger partial charge >= 0.3 is 5.97 Å². The molecule has 6 nitrogen and oxygen atoms in total. The molecule has 0 unspecified atom stereocenters. The smallest absolute Gasteiger partial charge is 0.338 e. The highest BCUT2D eigenvalue weighted by Gasteiger charge is 2.26. The molecule has 1 aliphatic rings. The third kappa shape index (κ3) is 4.59. The standard InChI is InChI=1S/C22H23ClN2O4/c1-13-6-4-7-14(2)20(13)24-21(27)15(3)29-22(28)16-9-10-17(23)18(12-16)25-11-5-8-19(25)26/h4,6-7,9-10,12,15H,5,8,11H2,1-3H3,(H,24,27)/t15-/m1/s1. The summed E-state index contributed by atoms with van der Waals surface area (Å²) < 4.78 is 5.34. The molecule has 7 heteroatoms. The zero-order valence-corrected chi connectivity index (χ0v) is 17.4. The van der Waals surface area contributed by atoms with E-state index in [2.05, 4.69) is 5.32 Å². The van der Waals surface area contributed by atoms with Crippen molar-refractivity contribution >= 4 is 40.8 Å². The molecule has 0 aliphatic carbocycles. The van der Waals surface area contributed by atoms with Gasteiger partial charge in [0.1, 0.15) is 0 Å². The lowest BCUT2D eigenvalue weighted by atomic mass is 10.1. The van der Waals surface area contributed by atoms with E-state index in [4.69, 9.17) is 16.3 Å². The van der Waals surface area contributed by atoms with Gasteiger partial charge in [0.2, 0.25) is 5.91 Å². The molecule has 1 N–H and O–H groups in total. The third-order valence-electron chi connectivity index (χ3n) is 4.93. The number of nitrogens with one attached hydrogen (secondary N) is 1. The fourth-order valence-electron chi connectivity index (χ4n) is 3.27. The number of carbonyl (C=O) groups is 3. The molecule has 1 saturated heterocycles. The van der Waals surface area contributed by atoms with Crippen molar-refractivity contribution in [1.82, 2.24) is 0 Å². The third-order valence-corrected chi connectivity index (χ3v) is 5.25. The second-order valence-corrected chi connectivity index (χ2v) is 7.53. The fourth-order valence-corrected chi connectivity index (χ4v) is 3.49. The number of aryl methyl sites for hydroxylation is 2. The molecular weight excluding hydrogens is 392 g/mol. The van der Waals surface area contributed by atoms with Crippen molar-refractivity contribution in [2.75, 3.05) is 16.8 Å². The van der Waals surface area contributed by atoms with Crippen molar-refractivity contribution < 1.29 is 19.1 Å². The molecule has 1 aliphatic heterocycles. The summed E-state index contributed by atoms with van der Waals surface area (Å²) in [5, 5.41) is 3.20. The van der Waals surface area contributed by atoms with Crippen LogP contribution in [0.5, 0.6) is 0 Å². The molecule has 0 radical (unpaired) electrons. The minimum Gasteiger partial charge on any atom is -0.449 e. The van der Waals surface area contributed by atoms with Crippen molar-refractivity contribution in [3.8, 4) is 0 Å². The molecule has 29 heavy (non-hydrogen) atoms. The predicted molar refractivity (Wildman–Crippen MR) is 112 cm³/mol. The Kier molecular flexibility index (Phi) is 6.23. The number of anilines is 2. The van der Waals surface area contributed by atoms with E-state index >= 15 is 0 Å². The van der Waals surface area contributed by atoms with Crippen LogP contribution in [-0.2, 0) is 14.3 Å². The van der Waals surface area contributed by atoms with Crippen LogP contribution in [0.25, 0.3) is 0 Å². The molecule has 152 valence electrons. The summed E-state index contributed by atoms with van der Waals surface area (Å²) in [7, 11) is 0. The second kappa shape index (κ2) is 8.66. The lowest BCUT2D eigenvalue weighted by molar-refractivity contribution is -0.123. The summed E-state index contributed by atoms with van der Waals surface area (Å²) in [4.78, 5) is 38.6. The molecule has 3 rings (SSSR count). The molecule has 0 aromatic heterocycles.